The lowest BCUT2D eigenvalue weighted by Crippen LogP contribution is -2.32. The second-order valence-electron chi connectivity index (χ2n) is 6.52. The van der Waals surface area contributed by atoms with E-state index in [0.29, 0.717) is 41.2 Å². The summed E-state index contributed by atoms with van der Waals surface area (Å²) in [6.07, 6.45) is 0. The minimum absolute atomic E-state index is 0.153. The van der Waals surface area contributed by atoms with E-state index >= 15 is 0 Å². The summed E-state index contributed by atoms with van der Waals surface area (Å²) < 4.78 is 21.5. The number of hydrogen-bond acceptors (Lipinski definition) is 8. The summed E-state index contributed by atoms with van der Waals surface area (Å²) in [6, 6.07) is 4.69. The number of nitrogens with one attached hydrogen (secondary N) is 1. The zero-order chi connectivity index (χ0) is 24.5. The molecule has 0 spiro atoms. The highest BCUT2D eigenvalue weighted by atomic mass is 35.5. The van der Waals surface area contributed by atoms with Gasteiger partial charge in [-0.2, -0.15) is 10.2 Å². The number of benzene rings is 2. The van der Waals surface area contributed by atoms with Gasteiger partial charge in [-0.05, 0) is 20.8 Å². The van der Waals surface area contributed by atoms with Crippen molar-refractivity contribution in [2.24, 2.45) is 10.2 Å². The lowest BCUT2D eigenvalue weighted by Gasteiger charge is -2.17. The van der Waals surface area contributed by atoms with Crippen LogP contribution < -0.4 is 24.3 Å². The highest BCUT2D eigenvalue weighted by Gasteiger charge is 2.26. The molecule has 1 unspecified atom stereocenters. The Balaban J connectivity index is 2.41. The van der Waals surface area contributed by atoms with Crippen molar-refractivity contribution in [3.63, 3.8) is 0 Å². The van der Waals surface area contributed by atoms with Gasteiger partial charge in [0.1, 0.15) is 39.4 Å². The van der Waals surface area contributed by atoms with Gasteiger partial charge in [-0.25, -0.2) is 0 Å². The number of carbonyl (C=O) groups is 2. The molecule has 2 rings (SSSR count). The van der Waals surface area contributed by atoms with Gasteiger partial charge in [0.05, 0.1) is 27.4 Å². The second kappa shape index (κ2) is 12.3. The van der Waals surface area contributed by atoms with Gasteiger partial charge < -0.3 is 24.3 Å². The van der Waals surface area contributed by atoms with Gasteiger partial charge >= 0.3 is 0 Å². The Kier molecular flexibility index (Phi) is 9.74. The number of amides is 1. The van der Waals surface area contributed by atoms with Crippen LogP contribution in [-0.4, -0.2) is 45.2 Å². The number of methoxy groups -OCH3 is 2. The fraction of sp³-hybridized carbons (Fsp3) is 0.364. The number of ether oxygens (including phenoxy) is 4. The molecule has 2 aromatic rings. The molecule has 0 saturated heterocycles. The molecule has 0 heterocycles. The van der Waals surface area contributed by atoms with E-state index in [1.807, 2.05) is 0 Å². The molecular weight excluding hydrogens is 473 g/mol. The van der Waals surface area contributed by atoms with Crippen molar-refractivity contribution in [3.8, 4) is 23.0 Å². The molecular formula is C22H25Cl2N3O6. The number of nitrogens with zero attached hydrogens (tertiary/aromatic N) is 2. The topological polar surface area (TPSA) is 108 Å². The van der Waals surface area contributed by atoms with Gasteiger partial charge in [-0.3, -0.25) is 9.59 Å². The van der Waals surface area contributed by atoms with Gasteiger partial charge in [0.15, 0.2) is 5.78 Å². The molecule has 0 aromatic heterocycles. The third-order valence-corrected chi connectivity index (χ3v) is 4.84. The fourth-order valence-electron chi connectivity index (χ4n) is 2.75. The van der Waals surface area contributed by atoms with Crippen LogP contribution in [0.4, 0.5) is 11.4 Å². The second-order valence-corrected chi connectivity index (χ2v) is 7.34. The maximum atomic E-state index is 13.0. The summed E-state index contributed by atoms with van der Waals surface area (Å²) in [5.74, 6) is 0.0346. The van der Waals surface area contributed by atoms with Crippen molar-refractivity contribution in [1.82, 2.24) is 0 Å². The van der Waals surface area contributed by atoms with Crippen LogP contribution in [0.25, 0.3) is 0 Å². The Labute approximate surface area is 202 Å². The molecule has 1 amide bonds. The maximum Gasteiger partial charge on any atom is 0.259 e. The molecule has 0 radical (unpaired) electrons. The highest BCUT2D eigenvalue weighted by molar-refractivity contribution is 6.34. The molecule has 0 saturated carbocycles. The number of Topliss-reactive ketones (excluding diaryl/α,β-unsaturated/α-hetero) is 1. The van der Waals surface area contributed by atoms with Crippen molar-refractivity contribution in [2.45, 2.75) is 26.8 Å². The summed E-state index contributed by atoms with van der Waals surface area (Å²) in [6.45, 7) is 5.44. The largest absolute Gasteiger partial charge is 0.497 e. The van der Waals surface area contributed by atoms with E-state index in [2.05, 4.69) is 15.5 Å². The monoisotopic (exact) mass is 497 g/mol. The Morgan fingerprint density at radius 1 is 0.970 bits per heavy atom. The van der Waals surface area contributed by atoms with Crippen LogP contribution in [0.2, 0.25) is 10.0 Å². The Morgan fingerprint density at radius 2 is 1.58 bits per heavy atom. The summed E-state index contributed by atoms with van der Waals surface area (Å²) in [7, 11) is 2.90. The molecule has 0 bridgehead atoms. The highest BCUT2D eigenvalue weighted by Crippen LogP contribution is 2.40. The number of ketones is 1. The maximum absolute atomic E-state index is 13.0. The molecule has 178 valence electrons. The molecule has 0 aliphatic carbocycles. The minimum atomic E-state index is -1.46. The van der Waals surface area contributed by atoms with Gasteiger partial charge in [-0.15, -0.1) is 0 Å². The number of anilines is 1. The van der Waals surface area contributed by atoms with E-state index in [1.165, 1.54) is 39.3 Å². The third kappa shape index (κ3) is 6.72. The smallest absolute Gasteiger partial charge is 0.259 e. The first-order valence-electron chi connectivity index (χ1n) is 9.98. The molecule has 0 aliphatic heterocycles. The Bertz CT molecular complexity index is 1020. The van der Waals surface area contributed by atoms with Crippen LogP contribution >= 0.6 is 23.2 Å². The minimum Gasteiger partial charge on any atom is -0.497 e. The van der Waals surface area contributed by atoms with E-state index in [0.717, 1.165) is 0 Å². The normalized spacial score (nSPS) is 11.7. The van der Waals surface area contributed by atoms with Crippen molar-refractivity contribution in [2.75, 3.05) is 32.8 Å². The first-order chi connectivity index (χ1) is 15.7. The summed E-state index contributed by atoms with van der Waals surface area (Å²) in [5.41, 5.74) is 0.402. The summed E-state index contributed by atoms with van der Waals surface area (Å²) in [4.78, 5) is 25.2. The molecule has 11 heteroatoms. The lowest BCUT2D eigenvalue weighted by atomic mass is 10.2. The zero-order valence-electron chi connectivity index (χ0n) is 18.9. The fourth-order valence-corrected chi connectivity index (χ4v) is 3.17. The Hall–Kier alpha value is -3.04. The van der Waals surface area contributed by atoms with E-state index in [-0.39, 0.29) is 16.4 Å². The third-order valence-electron chi connectivity index (χ3n) is 4.24. The van der Waals surface area contributed by atoms with Gasteiger partial charge in [-0.1, -0.05) is 23.2 Å². The standard InChI is InChI=1S/C22H25Cl2N3O6/c1-6-32-17-8-13(23)9-18(33-7-2)21(17)25-22(29)20(12(3)28)27-26-15-10-14(30-4)11-16(31-5)19(15)24/h8-11,20H,6-7H2,1-5H3,(H,25,29). The van der Waals surface area contributed by atoms with Crippen molar-refractivity contribution < 1.29 is 28.5 Å². The molecule has 1 N–H and O–H groups in total. The average molecular weight is 498 g/mol. The first-order valence-corrected chi connectivity index (χ1v) is 10.7. The SMILES string of the molecule is CCOc1cc(Cl)cc(OCC)c1NC(=O)C(N=Nc1cc(OC)cc(OC)c1Cl)C(C)=O. The van der Waals surface area contributed by atoms with Crippen LogP contribution in [0, 0.1) is 0 Å². The first kappa shape index (κ1) is 26.2. The number of halogens is 2. The van der Waals surface area contributed by atoms with Crippen LogP contribution in [0.5, 0.6) is 23.0 Å². The number of azo groups is 1. The quantitative estimate of drug-likeness (QED) is 0.324. The van der Waals surface area contributed by atoms with E-state index in [9.17, 15) is 9.59 Å². The predicted molar refractivity (Wildman–Crippen MR) is 126 cm³/mol. The van der Waals surface area contributed by atoms with Crippen molar-refractivity contribution >= 4 is 46.3 Å². The number of hydrogen-bond donors (Lipinski definition) is 1. The van der Waals surface area contributed by atoms with Crippen LogP contribution in [0.15, 0.2) is 34.5 Å². The van der Waals surface area contributed by atoms with Crippen LogP contribution in [-0.2, 0) is 9.59 Å². The number of rotatable bonds is 11. The molecule has 2 aromatic carbocycles. The van der Waals surface area contributed by atoms with E-state index in [4.69, 9.17) is 42.1 Å². The number of carbonyl (C=O) groups excluding carboxylic acids is 2. The van der Waals surface area contributed by atoms with E-state index < -0.39 is 17.7 Å². The average Bonchev–Trinajstić information content (AvgIpc) is 2.77. The van der Waals surface area contributed by atoms with Gasteiger partial charge in [0, 0.05) is 29.3 Å². The molecule has 9 nitrogen and oxygen atoms in total. The van der Waals surface area contributed by atoms with E-state index in [1.54, 1.807) is 19.9 Å². The molecule has 0 aliphatic rings. The van der Waals surface area contributed by atoms with Gasteiger partial charge in [0.25, 0.3) is 5.91 Å². The molecule has 1 atom stereocenters. The van der Waals surface area contributed by atoms with Gasteiger partial charge in [0.2, 0.25) is 6.04 Å². The van der Waals surface area contributed by atoms with Crippen LogP contribution in [0.3, 0.4) is 0 Å². The Morgan fingerprint density at radius 3 is 2.06 bits per heavy atom. The lowest BCUT2D eigenvalue weighted by molar-refractivity contribution is -0.126. The van der Waals surface area contributed by atoms with Crippen molar-refractivity contribution in [1.29, 1.82) is 0 Å². The summed E-state index contributed by atoms with van der Waals surface area (Å²) >= 11 is 12.4. The molecule has 0 fully saturated rings. The van der Waals surface area contributed by atoms with Crippen molar-refractivity contribution in [3.05, 3.63) is 34.3 Å². The summed E-state index contributed by atoms with van der Waals surface area (Å²) in [5, 5.41) is 11.1. The van der Waals surface area contributed by atoms with Crippen LogP contribution in [0.1, 0.15) is 20.8 Å². The predicted octanol–water partition coefficient (Wildman–Crippen LogP) is 5.49. The molecule has 33 heavy (non-hydrogen) atoms. The zero-order valence-corrected chi connectivity index (χ0v) is 20.4.